The second-order valence-corrected chi connectivity index (χ2v) is 20.6. The van der Waals surface area contributed by atoms with Gasteiger partial charge < -0.3 is 49.5 Å². The summed E-state index contributed by atoms with van der Waals surface area (Å²) in [6.45, 7) is 21.7. The fourth-order valence-corrected chi connectivity index (χ4v) is 8.81. The summed E-state index contributed by atoms with van der Waals surface area (Å²) in [6, 6.07) is 0. The molecule has 0 N–H and O–H groups in total. The van der Waals surface area contributed by atoms with Crippen molar-refractivity contribution in [1.82, 2.24) is 39.2 Å². The molecule has 8 aliphatic heterocycles. The molecule has 0 atom stereocenters. The van der Waals surface area contributed by atoms with Crippen molar-refractivity contribution in [2.75, 3.05) is 217 Å². The number of piperazine rings is 1. The molecule has 0 aliphatic carbocycles. The molecular formula is C38H84N10O6Re2S2-2. The molecule has 8 aliphatic rings. The Bertz CT molecular complexity index is 1050. The molecule has 20 heteroatoms. The van der Waals surface area contributed by atoms with Gasteiger partial charge in [-0.1, -0.05) is 13.1 Å². The number of likely N-dealkylation sites (N-methyl/N-ethyl adjacent to an activating group) is 4. The van der Waals surface area contributed by atoms with Crippen LogP contribution in [-0.2, 0) is 70.0 Å². The fraction of sp³-hybridized carbons (Fsp3) is 1.00. The van der Waals surface area contributed by atoms with Crippen LogP contribution in [0.2, 0.25) is 0 Å². The molecule has 8 saturated heterocycles. The van der Waals surface area contributed by atoms with Gasteiger partial charge in [0.05, 0.1) is 43.8 Å². The molecule has 8 heterocycles. The zero-order valence-corrected chi connectivity index (χ0v) is 44.8. The number of morpholine rings is 1. The first-order valence-corrected chi connectivity index (χ1v) is 24.5. The van der Waals surface area contributed by atoms with E-state index in [2.05, 4.69) is 75.3 Å². The quantitative estimate of drug-likeness (QED) is 0.339. The van der Waals surface area contributed by atoms with Crippen molar-refractivity contribution in [2.24, 2.45) is 0 Å². The molecule has 16 nitrogen and oxygen atoms in total. The van der Waals surface area contributed by atoms with Crippen LogP contribution in [0.4, 0.5) is 0 Å². The number of likely N-dealkylation sites (tertiary alicyclic amines) is 2. The Morgan fingerprint density at radius 3 is 0.966 bits per heavy atom. The third-order valence-corrected chi connectivity index (χ3v) is 13.4. The topological polar surface area (TPSA) is 141 Å². The molecule has 8 rings (SSSR count). The van der Waals surface area contributed by atoms with Gasteiger partial charge in [0.1, 0.15) is 5.88 Å². The molecule has 0 aromatic rings. The summed E-state index contributed by atoms with van der Waals surface area (Å²) in [5.74, 6) is 1.25. The Kier molecular flexibility index (Phi) is 39.0. The number of hydrogen-bond donors (Lipinski definition) is 0. The van der Waals surface area contributed by atoms with Gasteiger partial charge in [0.15, 0.2) is 19.7 Å². The van der Waals surface area contributed by atoms with Crippen LogP contribution in [0.15, 0.2) is 0 Å². The largest absolute Gasteiger partial charge is 0.660 e. The maximum absolute atomic E-state index is 10.8. The van der Waals surface area contributed by atoms with Crippen LogP contribution in [0.25, 0.3) is 10.6 Å². The Balaban J connectivity index is 0. The molecule has 0 spiro atoms. The summed E-state index contributed by atoms with van der Waals surface area (Å²) >= 11 is 0. The van der Waals surface area contributed by atoms with Crippen LogP contribution in [0.1, 0.15) is 32.1 Å². The van der Waals surface area contributed by atoms with Crippen LogP contribution in [0.5, 0.6) is 0 Å². The van der Waals surface area contributed by atoms with Gasteiger partial charge in [-0.2, -0.15) is 0 Å². The molecule has 350 valence electrons. The number of piperidine rings is 1. The van der Waals surface area contributed by atoms with Crippen LogP contribution in [0.3, 0.4) is 0 Å². The van der Waals surface area contributed by atoms with Crippen molar-refractivity contribution < 1.29 is 67.2 Å². The average molecular weight is 1210 g/mol. The minimum atomic E-state index is -2.67. The van der Waals surface area contributed by atoms with Gasteiger partial charge in [-0.3, -0.25) is 9.80 Å². The third kappa shape index (κ3) is 37.3. The fourth-order valence-electron chi connectivity index (χ4n) is 5.91. The van der Waals surface area contributed by atoms with E-state index < -0.39 is 19.7 Å². The summed E-state index contributed by atoms with van der Waals surface area (Å²) < 4.78 is 52.8. The van der Waals surface area contributed by atoms with Crippen LogP contribution in [0, 0.1) is 0 Å². The zero-order valence-electron chi connectivity index (χ0n) is 37.7. The van der Waals surface area contributed by atoms with Crippen LogP contribution < -0.4 is 0 Å². The van der Waals surface area contributed by atoms with Crippen molar-refractivity contribution in [3.63, 3.8) is 0 Å². The maximum atomic E-state index is 10.8. The number of ether oxygens (including phenoxy) is 2. The Morgan fingerprint density at radius 1 is 0.379 bits per heavy atom. The van der Waals surface area contributed by atoms with Gasteiger partial charge >= 0.3 is 0 Å². The first-order chi connectivity index (χ1) is 26.6. The molecule has 0 amide bonds. The zero-order chi connectivity index (χ0) is 41.7. The summed E-state index contributed by atoms with van der Waals surface area (Å²) in [4.78, 5) is 17.5. The van der Waals surface area contributed by atoms with Gasteiger partial charge in [0, 0.05) is 80.1 Å². The first kappa shape index (κ1) is 60.8. The number of rotatable bonds is 0. The molecule has 0 aromatic heterocycles. The van der Waals surface area contributed by atoms with Gasteiger partial charge in [-0.05, 0) is 128 Å². The minimum absolute atomic E-state index is 0. The predicted octanol–water partition coefficient (Wildman–Crippen LogP) is 0.883. The molecule has 0 aromatic carbocycles. The first-order valence-electron chi connectivity index (χ1n) is 20.9. The van der Waals surface area contributed by atoms with E-state index in [4.69, 9.17) is 9.47 Å². The molecule has 2 radical (unpaired) electrons. The smallest absolute Gasteiger partial charge is 0.164 e. The molecule has 58 heavy (non-hydrogen) atoms. The van der Waals surface area contributed by atoms with Crippen molar-refractivity contribution >= 4 is 19.7 Å². The van der Waals surface area contributed by atoms with Gasteiger partial charge in [0.2, 0.25) is 0 Å². The standard InChI is InChI=1S/C6H13N.C5H11N2.C5H11NO2S.C5H11NO.C5H11N.C4H9N2.C4H9NO2S.C4H9NO.2Re/c1-7-5-3-2-4-6-7;1-7-4-2-6-3-5-7;1-6-2-4-9(7,8)5-3-6;1-6-2-4-7-5-3-6;1-6-4-2-3-5-6;1-6-3-2-5-4-6;1-5-2-3-8(6,7)4-5;1-5-2-3-6-4-5;;/h2-6H2,1H3;2-5H2,1H3;2-5H2,1H3;2-5H2,1H3;2-5H2,1H3;2-4H2,1H3;2-4H2,1H3;2-4H2,1H3;;/q;-1;;;;-1;;;;. The summed E-state index contributed by atoms with van der Waals surface area (Å²) in [6.07, 6.45) is 7.10. The molecule has 0 unspecified atom stereocenters. The van der Waals surface area contributed by atoms with Gasteiger partial charge in [-0.15, -0.1) is 19.6 Å². The molecule has 0 bridgehead atoms. The van der Waals surface area contributed by atoms with Crippen molar-refractivity contribution in [2.45, 2.75) is 32.1 Å². The third-order valence-electron chi connectivity index (χ3n) is 10.1. The SMILES string of the molecule is CN1CCCC1.CN1CCCCC1.CN1CCOC1.CN1CCOCC1.CN1CCS(=O)(=O)C1.CN1CCS(=O)(=O)CC1.CN1CC[N-]C1.CN1CC[N-]CC1.[Re].[Re]. The van der Waals surface area contributed by atoms with Gasteiger partial charge in [-0.25, -0.2) is 16.8 Å². The van der Waals surface area contributed by atoms with Crippen molar-refractivity contribution in [3.05, 3.63) is 10.6 Å². The molecule has 0 saturated carbocycles. The molecular weight excluding hydrogens is 1130 g/mol. The van der Waals surface area contributed by atoms with E-state index in [1.54, 1.807) is 4.90 Å². The summed E-state index contributed by atoms with van der Waals surface area (Å²) in [5.41, 5.74) is 0. The molecule has 8 fully saturated rings. The van der Waals surface area contributed by atoms with E-state index in [0.29, 0.717) is 36.9 Å². The van der Waals surface area contributed by atoms with E-state index in [1.165, 1.54) is 58.3 Å². The van der Waals surface area contributed by atoms with Crippen LogP contribution in [-0.4, -0.2) is 273 Å². The van der Waals surface area contributed by atoms with E-state index in [9.17, 15) is 16.8 Å². The number of hydrogen-bond acceptors (Lipinski definition) is 14. The minimum Gasteiger partial charge on any atom is -0.660 e. The Labute approximate surface area is 383 Å². The van der Waals surface area contributed by atoms with Crippen molar-refractivity contribution in [3.8, 4) is 0 Å². The maximum Gasteiger partial charge on any atom is 0.164 e. The predicted molar refractivity (Wildman–Crippen MR) is 234 cm³/mol. The van der Waals surface area contributed by atoms with Crippen LogP contribution >= 0.6 is 0 Å². The number of nitrogens with zero attached hydrogens (tertiary/aromatic N) is 10. The monoisotopic (exact) mass is 1210 g/mol. The van der Waals surface area contributed by atoms with Crippen molar-refractivity contribution in [1.29, 1.82) is 0 Å². The van der Waals surface area contributed by atoms with E-state index >= 15 is 0 Å². The number of sulfone groups is 2. The average Bonchev–Trinajstić information content (AvgIpc) is 4.01. The Morgan fingerprint density at radius 2 is 0.759 bits per heavy atom. The van der Waals surface area contributed by atoms with E-state index in [0.717, 1.165) is 92.1 Å². The Hall–Kier alpha value is 0.745. The van der Waals surface area contributed by atoms with E-state index in [1.807, 2.05) is 26.0 Å². The summed E-state index contributed by atoms with van der Waals surface area (Å²) in [5, 5.41) is 8.28. The second kappa shape index (κ2) is 37.2. The van der Waals surface area contributed by atoms with Gasteiger partial charge in [0.25, 0.3) is 0 Å². The normalized spacial score (nSPS) is 25.4. The van der Waals surface area contributed by atoms with E-state index in [-0.39, 0.29) is 46.7 Å². The second-order valence-electron chi connectivity index (χ2n) is 16.2. The summed E-state index contributed by atoms with van der Waals surface area (Å²) in [7, 11) is 11.2.